The molecule has 6 nitrogen and oxygen atoms in total. The van der Waals surface area contributed by atoms with E-state index in [4.69, 9.17) is 4.74 Å². The van der Waals surface area contributed by atoms with E-state index in [1.807, 2.05) is 30.3 Å². The van der Waals surface area contributed by atoms with Gasteiger partial charge in [-0.15, -0.1) is 0 Å². The molecular formula is C19H23N3O3. The van der Waals surface area contributed by atoms with Crippen molar-refractivity contribution in [1.82, 2.24) is 14.7 Å². The summed E-state index contributed by atoms with van der Waals surface area (Å²) in [4.78, 5) is 27.4. The number of hydrogen-bond donors (Lipinski definition) is 0. The van der Waals surface area contributed by atoms with Crippen LogP contribution < -0.4 is 0 Å². The van der Waals surface area contributed by atoms with Crippen LogP contribution in [-0.4, -0.2) is 39.6 Å². The molecule has 1 aromatic carbocycles. The Morgan fingerprint density at radius 3 is 2.40 bits per heavy atom. The van der Waals surface area contributed by atoms with Crippen molar-refractivity contribution in [2.24, 2.45) is 7.05 Å². The average molecular weight is 341 g/mol. The summed E-state index contributed by atoms with van der Waals surface area (Å²) in [6, 6.07) is 9.19. The van der Waals surface area contributed by atoms with Crippen LogP contribution >= 0.6 is 0 Å². The third kappa shape index (κ3) is 3.73. The molecule has 1 saturated heterocycles. The highest BCUT2D eigenvalue weighted by Gasteiger charge is 2.31. The second-order valence-corrected chi connectivity index (χ2v) is 6.35. The van der Waals surface area contributed by atoms with Gasteiger partial charge in [0, 0.05) is 31.4 Å². The molecule has 132 valence electrons. The van der Waals surface area contributed by atoms with Crippen LogP contribution in [0, 0.1) is 6.92 Å². The maximum atomic E-state index is 13.0. The lowest BCUT2D eigenvalue weighted by Gasteiger charge is -2.30. The quantitative estimate of drug-likeness (QED) is 0.802. The third-order valence-electron chi connectivity index (χ3n) is 4.67. The van der Waals surface area contributed by atoms with Crippen LogP contribution in [0.25, 0.3) is 0 Å². The van der Waals surface area contributed by atoms with Gasteiger partial charge in [0.15, 0.2) is 0 Å². The molecule has 0 aliphatic carbocycles. The monoisotopic (exact) mass is 341 g/mol. The van der Waals surface area contributed by atoms with Crippen molar-refractivity contribution in [3.63, 3.8) is 0 Å². The molecule has 2 heterocycles. The van der Waals surface area contributed by atoms with Crippen LogP contribution in [0.4, 0.5) is 0 Å². The highest BCUT2D eigenvalue weighted by atomic mass is 16.5. The summed E-state index contributed by atoms with van der Waals surface area (Å²) in [6.07, 6.45) is 3.66. The van der Waals surface area contributed by atoms with E-state index in [0.29, 0.717) is 29.9 Å². The molecule has 0 N–H and O–H groups in total. The number of carbonyl (C=O) groups is 2. The van der Waals surface area contributed by atoms with Crippen LogP contribution in [0.5, 0.6) is 0 Å². The van der Waals surface area contributed by atoms with E-state index in [9.17, 15) is 9.59 Å². The van der Waals surface area contributed by atoms with Crippen molar-refractivity contribution in [2.45, 2.75) is 32.3 Å². The highest BCUT2D eigenvalue weighted by Crippen LogP contribution is 2.24. The zero-order valence-corrected chi connectivity index (χ0v) is 14.6. The van der Waals surface area contributed by atoms with E-state index >= 15 is 0 Å². The number of likely N-dealkylation sites (tertiary alicyclic amines) is 1. The fourth-order valence-electron chi connectivity index (χ4n) is 3.04. The van der Waals surface area contributed by atoms with Crippen LogP contribution in [0.1, 0.15) is 47.0 Å². The number of carbonyl (C=O) groups excluding carboxylic acids is 2. The number of piperidine rings is 1. The minimum absolute atomic E-state index is 0.152. The van der Waals surface area contributed by atoms with Crippen molar-refractivity contribution < 1.29 is 14.3 Å². The first kappa shape index (κ1) is 17.2. The molecule has 1 aromatic heterocycles. The fraction of sp³-hybridized carbons (Fsp3) is 0.421. The van der Waals surface area contributed by atoms with Crippen LogP contribution in [0.3, 0.4) is 0 Å². The van der Waals surface area contributed by atoms with E-state index in [1.54, 1.807) is 23.6 Å². The number of amides is 1. The topological polar surface area (TPSA) is 64.4 Å². The second kappa shape index (κ2) is 7.51. The number of esters is 1. The number of hydrogen-bond acceptors (Lipinski definition) is 4. The number of aromatic nitrogens is 2. The molecule has 25 heavy (non-hydrogen) atoms. The van der Waals surface area contributed by atoms with Gasteiger partial charge in [0.2, 0.25) is 6.10 Å². The SMILES string of the molecule is Cc1c(C(=O)O[C@@H](C(=O)N2CCCCC2)c2ccccc2)cnn1C. The van der Waals surface area contributed by atoms with Gasteiger partial charge in [-0.2, -0.15) is 5.10 Å². The van der Waals surface area contributed by atoms with Crippen LogP contribution in [0.15, 0.2) is 36.5 Å². The van der Waals surface area contributed by atoms with E-state index in [0.717, 1.165) is 19.3 Å². The van der Waals surface area contributed by atoms with Crippen molar-refractivity contribution in [1.29, 1.82) is 0 Å². The van der Waals surface area contributed by atoms with Crippen molar-refractivity contribution in [2.75, 3.05) is 13.1 Å². The Hall–Kier alpha value is -2.63. The molecule has 1 amide bonds. The molecule has 3 rings (SSSR count). The molecule has 1 atom stereocenters. The Balaban J connectivity index is 1.85. The molecular weight excluding hydrogens is 318 g/mol. The molecule has 0 unspecified atom stereocenters. The number of nitrogens with zero attached hydrogens (tertiary/aromatic N) is 3. The molecule has 0 radical (unpaired) electrons. The zero-order chi connectivity index (χ0) is 17.8. The predicted octanol–water partition coefficient (Wildman–Crippen LogP) is 2.64. The Labute approximate surface area is 147 Å². The number of benzene rings is 1. The molecule has 0 spiro atoms. The number of rotatable bonds is 4. The molecule has 6 heteroatoms. The summed E-state index contributed by atoms with van der Waals surface area (Å²) >= 11 is 0. The summed E-state index contributed by atoms with van der Waals surface area (Å²) in [6.45, 7) is 3.23. The largest absolute Gasteiger partial charge is 0.444 e. The van der Waals surface area contributed by atoms with Gasteiger partial charge < -0.3 is 9.64 Å². The van der Waals surface area contributed by atoms with Crippen molar-refractivity contribution in [3.8, 4) is 0 Å². The maximum Gasteiger partial charge on any atom is 0.342 e. The third-order valence-corrected chi connectivity index (χ3v) is 4.67. The summed E-state index contributed by atoms with van der Waals surface area (Å²) < 4.78 is 7.26. The normalized spacial score (nSPS) is 15.7. The van der Waals surface area contributed by atoms with Gasteiger partial charge in [0.1, 0.15) is 5.56 Å². The van der Waals surface area contributed by atoms with E-state index in [1.165, 1.54) is 6.20 Å². The first-order valence-corrected chi connectivity index (χ1v) is 8.61. The van der Waals surface area contributed by atoms with Crippen molar-refractivity contribution in [3.05, 3.63) is 53.3 Å². The minimum atomic E-state index is -0.925. The molecule has 0 saturated carbocycles. The number of aryl methyl sites for hydroxylation is 1. The predicted molar refractivity (Wildman–Crippen MR) is 93.0 cm³/mol. The first-order chi connectivity index (χ1) is 12.1. The Morgan fingerprint density at radius 2 is 1.80 bits per heavy atom. The standard InChI is InChI=1S/C19H23N3O3/c1-14-16(13-20-21(14)2)19(24)25-17(15-9-5-3-6-10-15)18(23)22-11-7-4-8-12-22/h3,5-6,9-10,13,17H,4,7-8,11-12H2,1-2H3/t17-/m1/s1. The maximum absolute atomic E-state index is 13.0. The summed E-state index contributed by atoms with van der Waals surface area (Å²) in [5.74, 6) is -0.675. The van der Waals surface area contributed by atoms with Gasteiger partial charge >= 0.3 is 5.97 Å². The van der Waals surface area contributed by atoms with E-state index in [-0.39, 0.29) is 5.91 Å². The van der Waals surface area contributed by atoms with E-state index in [2.05, 4.69) is 5.10 Å². The van der Waals surface area contributed by atoms with Gasteiger partial charge in [0.05, 0.1) is 6.20 Å². The fourth-order valence-corrected chi connectivity index (χ4v) is 3.04. The van der Waals surface area contributed by atoms with Gasteiger partial charge in [-0.25, -0.2) is 4.79 Å². The minimum Gasteiger partial charge on any atom is -0.444 e. The Bertz CT molecular complexity index is 749. The molecule has 0 bridgehead atoms. The van der Waals surface area contributed by atoms with Gasteiger partial charge in [-0.1, -0.05) is 30.3 Å². The molecule has 1 aliphatic heterocycles. The summed E-state index contributed by atoms with van der Waals surface area (Å²) in [5, 5.41) is 4.07. The van der Waals surface area contributed by atoms with Crippen molar-refractivity contribution >= 4 is 11.9 Å². The molecule has 2 aromatic rings. The smallest absolute Gasteiger partial charge is 0.342 e. The molecule has 1 aliphatic rings. The Morgan fingerprint density at radius 1 is 1.12 bits per heavy atom. The second-order valence-electron chi connectivity index (χ2n) is 6.35. The average Bonchev–Trinajstić information content (AvgIpc) is 2.99. The lowest BCUT2D eigenvalue weighted by molar-refractivity contribution is -0.142. The lowest BCUT2D eigenvalue weighted by atomic mass is 10.1. The Kier molecular flexibility index (Phi) is 5.16. The van der Waals surface area contributed by atoms with Gasteiger partial charge in [-0.05, 0) is 26.2 Å². The highest BCUT2D eigenvalue weighted by molar-refractivity contribution is 5.93. The number of ether oxygens (including phenoxy) is 1. The first-order valence-electron chi connectivity index (χ1n) is 8.61. The summed E-state index contributed by atoms with van der Waals surface area (Å²) in [7, 11) is 1.76. The molecule has 1 fully saturated rings. The summed E-state index contributed by atoms with van der Waals surface area (Å²) in [5.41, 5.74) is 1.78. The van der Waals surface area contributed by atoms with Gasteiger partial charge in [0.25, 0.3) is 5.91 Å². The van der Waals surface area contributed by atoms with E-state index < -0.39 is 12.1 Å². The van der Waals surface area contributed by atoms with Crippen LogP contribution in [0.2, 0.25) is 0 Å². The zero-order valence-electron chi connectivity index (χ0n) is 14.6. The van der Waals surface area contributed by atoms with Gasteiger partial charge in [-0.3, -0.25) is 9.48 Å². The van der Waals surface area contributed by atoms with Crippen LogP contribution in [-0.2, 0) is 16.6 Å². The lowest BCUT2D eigenvalue weighted by Crippen LogP contribution is -2.40.